The molecule has 74 valence electrons. The van der Waals surface area contributed by atoms with Crippen molar-refractivity contribution in [3.63, 3.8) is 0 Å². The fourth-order valence-electron chi connectivity index (χ4n) is 1.74. The van der Waals surface area contributed by atoms with Gasteiger partial charge in [0.1, 0.15) is 11.6 Å². The molecular formula is C12H6F2S. The molecule has 15 heavy (non-hydrogen) atoms. The SMILES string of the molecule is Fc1ccc2sc3c(F)cccc3c2c1. The third-order valence-electron chi connectivity index (χ3n) is 2.41. The van der Waals surface area contributed by atoms with Crippen molar-refractivity contribution in [1.29, 1.82) is 0 Å². The quantitative estimate of drug-likeness (QED) is 0.529. The van der Waals surface area contributed by atoms with Gasteiger partial charge in [0.05, 0.1) is 4.70 Å². The van der Waals surface area contributed by atoms with Gasteiger partial charge in [-0.15, -0.1) is 11.3 Å². The van der Waals surface area contributed by atoms with Crippen LogP contribution in [0.4, 0.5) is 8.78 Å². The summed E-state index contributed by atoms with van der Waals surface area (Å²) >= 11 is 1.36. The second-order valence-corrected chi connectivity index (χ2v) is 4.41. The predicted octanol–water partition coefficient (Wildman–Crippen LogP) is 4.33. The Labute approximate surface area is 88.8 Å². The standard InChI is InChI=1S/C12H6F2S/c13-7-4-5-11-9(6-7)8-2-1-3-10(14)12(8)15-11/h1-6H. The second-order valence-electron chi connectivity index (χ2n) is 3.36. The molecule has 0 aliphatic carbocycles. The van der Waals surface area contributed by atoms with Gasteiger partial charge in [0.15, 0.2) is 0 Å². The Balaban J connectivity index is 2.58. The molecule has 3 heteroatoms. The third-order valence-corrected chi connectivity index (χ3v) is 3.61. The van der Waals surface area contributed by atoms with Crippen LogP contribution in [0.3, 0.4) is 0 Å². The highest BCUT2D eigenvalue weighted by Gasteiger charge is 2.08. The van der Waals surface area contributed by atoms with Gasteiger partial charge in [-0.25, -0.2) is 8.78 Å². The zero-order valence-corrected chi connectivity index (χ0v) is 8.44. The van der Waals surface area contributed by atoms with Crippen LogP contribution in [0.1, 0.15) is 0 Å². The van der Waals surface area contributed by atoms with Crippen LogP contribution in [0.5, 0.6) is 0 Å². The lowest BCUT2D eigenvalue weighted by atomic mass is 10.1. The summed E-state index contributed by atoms with van der Waals surface area (Å²) in [6.45, 7) is 0. The lowest BCUT2D eigenvalue weighted by molar-refractivity contribution is 0.630. The van der Waals surface area contributed by atoms with E-state index in [-0.39, 0.29) is 11.6 Å². The Morgan fingerprint density at radius 3 is 2.67 bits per heavy atom. The normalized spacial score (nSPS) is 11.3. The molecule has 0 saturated carbocycles. The molecule has 1 aromatic heterocycles. The summed E-state index contributed by atoms with van der Waals surface area (Å²) < 4.78 is 28.0. The van der Waals surface area contributed by atoms with Crippen molar-refractivity contribution < 1.29 is 8.78 Å². The summed E-state index contributed by atoms with van der Waals surface area (Å²) in [6, 6.07) is 9.43. The highest BCUT2D eigenvalue weighted by atomic mass is 32.1. The van der Waals surface area contributed by atoms with Crippen LogP contribution in [0, 0.1) is 11.6 Å². The van der Waals surface area contributed by atoms with Crippen LogP contribution in [0.2, 0.25) is 0 Å². The molecule has 3 rings (SSSR count). The molecule has 0 atom stereocenters. The maximum Gasteiger partial charge on any atom is 0.141 e. The Morgan fingerprint density at radius 2 is 1.80 bits per heavy atom. The highest BCUT2D eigenvalue weighted by molar-refractivity contribution is 7.25. The first kappa shape index (κ1) is 8.80. The minimum atomic E-state index is -0.286. The Kier molecular flexibility index (Phi) is 1.76. The van der Waals surface area contributed by atoms with Crippen molar-refractivity contribution in [2.75, 3.05) is 0 Å². The van der Waals surface area contributed by atoms with Crippen molar-refractivity contribution in [2.24, 2.45) is 0 Å². The fourth-order valence-corrected chi connectivity index (χ4v) is 2.82. The summed E-state index contributed by atoms with van der Waals surface area (Å²) in [7, 11) is 0. The number of benzene rings is 2. The molecular weight excluding hydrogens is 214 g/mol. The number of thiophene rings is 1. The number of fused-ring (bicyclic) bond motifs is 3. The van der Waals surface area contributed by atoms with Gasteiger partial charge < -0.3 is 0 Å². The summed E-state index contributed by atoms with van der Waals surface area (Å²) in [5, 5.41) is 1.57. The topological polar surface area (TPSA) is 0 Å². The number of halogens is 2. The third kappa shape index (κ3) is 1.23. The zero-order valence-electron chi connectivity index (χ0n) is 7.63. The van der Waals surface area contributed by atoms with E-state index in [0.717, 1.165) is 15.5 Å². The van der Waals surface area contributed by atoms with Gasteiger partial charge in [-0.2, -0.15) is 0 Å². The number of rotatable bonds is 0. The van der Waals surface area contributed by atoms with Gasteiger partial charge in [0, 0.05) is 15.5 Å². The highest BCUT2D eigenvalue weighted by Crippen LogP contribution is 2.35. The van der Waals surface area contributed by atoms with Gasteiger partial charge >= 0.3 is 0 Å². The van der Waals surface area contributed by atoms with Gasteiger partial charge in [-0.05, 0) is 24.3 Å². The first-order valence-corrected chi connectivity index (χ1v) is 5.33. The molecule has 0 bridgehead atoms. The van der Waals surface area contributed by atoms with E-state index < -0.39 is 0 Å². The van der Waals surface area contributed by atoms with E-state index in [1.807, 2.05) is 6.07 Å². The first-order chi connectivity index (χ1) is 7.25. The monoisotopic (exact) mass is 220 g/mol. The molecule has 0 radical (unpaired) electrons. The number of hydrogen-bond donors (Lipinski definition) is 0. The van der Waals surface area contributed by atoms with Crippen LogP contribution in [0.25, 0.3) is 20.2 Å². The van der Waals surface area contributed by atoms with Crippen LogP contribution in [0.15, 0.2) is 36.4 Å². The largest absolute Gasteiger partial charge is 0.207 e. The molecule has 0 unspecified atom stereocenters. The van der Waals surface area contributed by atoms with Crippen molar-refractivity contribution >= 4 is 31.5 Å². The Hall–Kier alpha value is -1.48. The maximum atomic E-state index is 13.4. The van der Waals surface area contributed by atoms with Crippen LogP contribution >= 0.6 is 11.3 Å². The van der Waals surface area contributed by atoms with Crippen molar-refractivity contribution in [1.82, 2.24) is 0 Å². The molecule has 0 aliphatic rings. The van der Waals surface area contributed by atoms with E-state index in [1.165, 1.54) is 29.5 Å². The van der Waals surface area contributed by atoms with Crippen LogP contribution in [-0.4, -0.2) is 0 Å². The molecule has 0 nitrogen and oxygen atoms in total. The van der Waals surface area contributed by atoms with Crippen LogP contribution < -0.4 is 0 Å². The van der Waals surface area contributed by atoms with E-state index in [1.54, 1.807) is 12.1 Å². The molecule has 0 fully saturated rings. The van der Waals surface area contributed by atoms with Gasteiger partial charge in [0.2, 0.25) is 0 Å². The van der Waals surface area contributed by atoms with Gasteiger partial charge in [-0.1, -0.05) is 12.1 Å². The van der Waals surface area contributed by atoms with Crippen molar-refractivity contribution in [3.8, 4) is 0 Å². The van der Waals surface area contributed by atoms with Crippen molar-refractivity contribution in [3.05, 3.63) is 48.0 Å². The summed E-state index contributed by atoms with van der Waals surface area (Å²) in [4.78, 5) is 0. The van der Waals surface area contributed by atoms with Gasteiger partial charge in [0.25, 0.3) is 0 Å². The molecule has 1 heterocycles. The van der Waals surface area contributed by atoms with E-state index in [4.69, 9.17) is 0 Å². The molecule has 3 aromatic rings. The summed E-state index contributed by atoms with van der Waals surface area (Å²) in [5.41, 5.74) is 0. The summed E-state index contributed by atoms with van der Waals surface area (Å²) in [5.74, 6) is -0.527. The lowest BCUT2D eigenvalue weighted by Crippen LogP contribution is -1.73. The predicted molar refractivity (Wildman–Crippen MR) is 59.2 cm³/mol. The average molecular weight is 220 g/mol. The minimum Gasteiger partial charge on any atom is -0.207 e. The summed E-state index contributed by atoms with van der Waals surface area (Å²) in [6.07, 6.45) is 0. The minimum absolute atomic E-state index is 0.242. The van der Waals surface area contributed by atoms with E-state index in [2.05, 4.69) is 0 Å². The molecule has 0 N–H and O–H groups in total. The fraction of sp³-hybridized carbons (Fsp3) is 0. The average Bonchev–Trinajstić information content (AvgIpc) is 2.58. The molecule has 0 aliphatic heterocycles. The molecule has 2 aromatic carbocycles. The zero-order chi connectivity index (χ0) is 10.4. The van der Waals surface area contributed by atoms with Crippen LogP contribution in [-0.2, 0) is 0 Å². The second kappa shape index (κ2) is 3.00. The maximum absolute atomic E-state index is 13.4. The number of hydrogen-bond acceptors (Lipinski definition) is 1. The van der Waals surface area contributed by atoms with Gasteiger partial charge in [-0.3, -0.25) is 0 Å². The first-order valence-electron chi connectivity index (χ1n) is 4.52. The Bertz CT molecular complexity index is 655. The van der Waals surface area contributed by atoms with E-state index in [9.17, 15) is 8.78 Å². The Morgan fingerprint density at radius 1 is 0.933 bits per heavy atom. The lowest BCUT2D eigenvalue weighted by Gasteiger charge is -1.92. The molecule has 0 amide bonds. The van der Waals surface area contributed by atoms with Crippen molar-refractivity contribution in [2.45, 2.75) is 0 Å². The van der Waals surface area contributed by atoms with E-state index in [0.29, 0.717) is 4.70 Å². The molecule has 0 spiro atoms. The smallest absolute Gasteiger partial charge is 0.141 e. The molecule has 0 saturated heterocycles. The van der Waals surface area contributed by atoms with E-state index >= 15 is 0 Å².